The monoisotopic (exact) mass is 539 g/mol. The van der Waals surface area contributed by atoms with Gasteiger partial charge in [-0.3, -0.25) is 15.2 Å². The molecule has 6 heteroatoms. The molecule has 41 heavy (non-hydrogen) atoms. The summed E-state index contributed by atoms with van der Waals surface area (Å²) in [6.45, 7) is 3.19. The number of aromatic nitrogens is 4. The average Bonchev–Trinajstić information content (AvgIpc) is 3.44. The van der Waals surface area contributed by atoms with Gasteiger partial charge in [-0.1, -0.05) is 60.7 Å². The molecule has 0 amide bonds. The fraction of sp³-hybridized carbons (Fsp3) is 0.229. The van der Waals surface area contributed by atoms with Crippen molar-refractivity contribution >= 4 is 21.8 Å². The summed E-state index contributed by atoms with van der Waals surface area (Å²) in [7, 11) is 0. The van der Waals surface area contributed by atoms with Gasteiger partial charge in [-0.2, -0.15) is 4.57 Å². The lowest BCUT2D eigenvalue weighted by Gasteiger charge is -2.34. The maximum atomic E-state index is 4.91. The summed E-state index contributed by atoms with van der Waals surface area (Å²) in [4.78, 5) is 15.9. The highest BCUT2D eigenvalue weighted by molar-refractivity contribution is 5.80. The van der Waals surface area contributed by atoms with E-state index >= 15 is 0 Å². The van der Waals surface area contributed by atoms with E-state index in [-0.39, 0.29) is 6.04 Å². The summed E-state index contributed by atoms with van der Waals surface area (Å²) in [5, 5.41) is 6.10. The number of rotatable bonds is 9. The number of nitrogens with zero attached hydrogens (tertiary/aromatic N) is 4. The van der Waals surface area contributed by atoms with E-state index in [1.807, 2.05) is 12.3 Å². The minimum absolute atomic E-state index is 0.272. The Kier molecular flexibility index (Phi) is 7.24. The standard InChI is InChI=1S/C35H35N6/c1-2-8-30-23-40(20-18-28(30)7-1)25-36-21-26-14-16-27(17-15-26)22-41(24-34-38-31-11-3-4-12-32(31)39-34)33-13-5-9-29-10-6-19-37-35(29)33/h1-4,6-8,10-12,14-20,23,33,36H,5,9,13,21-22,24-25H2,(H,38,39)/q+1. The number of aromatic amines is 1. The number of para-hydroxylation sites is 2. The van der Waals surface area contributed by atoms with Gasteiger partial charge in [0.15, 0.2) is 12.4 Å². The van der Waals surface area contributed by atoms with Crippen LogP contribution in [-0.2, 0) is 32.7 Å². The second-order valence-electron chi connectivity index (χ2n) is 11.1. The van der Waals surface area contributed by atoms with Crippen LogP contribution in [0.5, 0.6) is 0 Å². The van der Waals surface area contributed by atoms with Crippen molar-refractivity contribution < 1.29 is 4.57 Å². The number of fused-ring (bicyclic) bond motifs is 3. The van der Waals surface area contributed by atoms with Crippen LogP contribution < -0.4 is 9.88 Å². The first-order valence-corrected chi connectivity index (χ1v) is 14.6. The van der Waals surface area contributed by atoms with Crippen molar-refractivity contribution in [1.29, 1.82) is 0 Å². The van der Waals surface area contributed by atoms with Gasteiger partial charge in [-0.15, -0.1) is 0 Å². The first-order chi connectivity index (χ1) is 20.3. The fourth-order valence-electron chi connectivity index (χ4n) is 6.09. The van der Waals surface area contributed by atoms with Crippen LogP contribution in [0, 0.1) is 0 Å². The normalized spacial score (nSPS) is 15.0. The highest BCUT2D eigenvalue weighted by Crippen LogP contribution is 2.34. The van der Waals surface area contributed by atoms with E-state index in [1.165, 1.54) is 39.6 Å². The molecule has 3 aromatic carbocycles. The molecule has 0 saturated carbocycles. The minimum atomic E-state index is 0.272. The largest absolute Gasteiger partial charge is 0.341 e. The summed E-state index contributed by atoms with van der Waals surface area (Å²) in [6.07, 6.45) is 9.66. The Hall–Kier alpha value is -4.39. The molecule has 7 rings (SSSR count). The molecule has 1 atom stereocenters. The molecule has 6 aromatic rings. The molecule has 1 aliphatic rings. The van der Waals surface area contributed by atoms with E-state index in [9.17, 15) is 0 Å². The minimum Gasteiger partial charge on any atom is -0.341 e. The molecule has 0 aliphatic heterocycles. The van der Waals surface area contributed by atoms with Crippen molar-refractivity contribution in [3.8, 4) is 0 Å². The lowest BCUT2D eigenvalue weighted by molar-refractivity contribution is -0.700. The molecule has 3 heterocycles. The third-order valence-corrected chi connectivity index (χ3v) is 8.18. The first kappa shape index (κ1) is 25.6. The summed E-state index contributed by atoms with van der Waals surface area (Å²) in [6, 6.07) is 32.5. The fourth-order valence-corrected chi connectivity index (χ4v) is 6.09. The van der Waals surface area contributed by atoms with Crippen LogP contribution in [0.4, 0.5) is 0 Å². The summed E-state index contributed by atoms with van der Waals surface area (Å²) in [5.41, 5.74) is 7.29. The molecule has 2 N–H and O–H groups in total. The van der Waals surface area contributed by atoms with Gasteiger partial charge in [0.1, 0.15) is 5.82 Å². The Balaban J connectivity index is 1.06. The topological polar surface area (TPSA) is 60.7 Å². The van der Waals surface area contributed by atoms with E-state index in [4.69, 9.17) is 9.97 Å². The Morgan fingerprint density at radius 1 is 0.854 bits per heavy atom. The summed E-state index contributed by atoms with van der Waals surface area (Å²) >= 11 is 0. The van der Waals surface area contributed by atoms with E-state index in [2.05, 4.69) is 117 Å². The first-order valence-electron chi connectivity index (χ1n) is 14.6. The number of H-pyrrole nitrogens is 1. The third-order valence-electron chi connectivity index (χ3n) is 8.18. The van der Waals surface area contributed by atoms with Crippen molar-refractivity contribution in [2.75, 3.05) is 0 Å². The number of imidazole rings is 1. The smallest absolute Gasteiger partial charge is 0.202 e. The molecule has 0 bridgehead atoms. The third kappa shape index (κ3) is 5.75. The van der Waals surface area contributed by atoms with Gasteiger partial charge in [0, 0.05) is 30.7 Å². The van der Waals surface area contributed by atoms with Crippen LogP contribution in [0.2, 0.25) is 0 Å². The highest BCUT2D eigenvalue weighted by Gasteiger charge is 2.28. The van der Waals surface area contributed by atoms with Gasteiger partial charge >= 0.3 is 0 Å². The summed E-state index contributed by atoms with van der Waals surface area (Å²) < 4.78 is 2.20. The zero-order valence-electron chi connectivity index (χ0n) is 23.2. The quantitative estimate of drug-likeness (QED) is 0.214. The van der Waals surface area contributed by atoms with Crippen LogP contribution in [0.15, 0.2) is 110 Å². The second-order valence-corrected chi connectivity index (χ2v) is 11.1. The molecule has 1 unspecified atom stereocenters. The van der Waals surface area contributed by atoms with Crippen molar-refractivity contribution in [2.45, 2.75) is 51.6 Å². The van der Waals surface area contributed by atoms with E-state index in [1.54, 1.807) is 0 Å². The predicted octanol–water partition coefficient (Wildman–Crippen LogP) is 6.23. The van der Waals surface area contributed by atoms with Gasteiger partial charge in [0.05, 0.1) is 29.3 Å². The van der Waals surface area contributed by atoms with Gasteiger partial charge < -0.3 is 4.98 Å². The van der Waals surface area contributed by atoms with Gasteiger partial charge in [-0.05, 0) is 65.6 Å². The molecule has 0 radical (unpaired) electrons. The predicted molar refractivity (Wildman–Crippen MR) is 163 cm³/mol. The molecule has 0 saturated heterocycles. The SMILES string of the molecule is c1cnc2c(c1)CCCC2N(Cc1ccc(CNC[n+]2ccc3ccccc3c2)cc1)Cc1nc2ccccc2[nH]1. The molecule has 6 nitrogen and oxygen atoms in total. The van der Waals surface area contributed by atoms with E-state index in [0.29, 0.717) is 0 Å². The zero-order chi connectivity index (χ0) is 27.4. The number of nitrogens with one attached hydrogen (secondary N) is 2. The molecular formula is C35H35N6+. The Labute approximate surface area is 240 Å². The summed E-state index contributed by atoms with van der Waals surface area (Å²) in [5.74, 6) is 1.00. The van der Waals surface area contributed by atoms with E-state index < -0.39 is 0 Å². The maximum absolute atomic E-state index is 4.91. The number of hydrogen-bond donors (Lipinski definition) is 2. The number of hydrogen-bond acceptors (Lipinski definition) is 4. The van der Waals surface area contributed by atoms with Crippen LogP contribution >= 0.6 is 0 Å². The van der Waals surface area contributed by atoms with Crippen LogP contribution in [0.1, 0.15) is 47.1 Å². The highest BCUT2D eigenvalue weighted by atomic mass is 15.2. The van der Waals surface area contributed by atoms with Crippen molar-refractivity contribution in [1.82, 2.24) is 25.2 Å². The molecule has 3 aromatic heterocycles. The Morgan fingerprint density at radius 2 is 1.68 bits per heavy atom. The molecule has 0 fully saturated rings. The molecular weight excluding hydrogens is 504 g/mol. The van der Waals surface area contributed by atoms with Crippen LogP contribution in [0.3, 0.4) is 0 Å². The van der Waals surface area contributed by atoms with Crippen LogP contribution in [-0.4, -0.2) is 19.9 Å². The number of pyridine rings is 2. The van der Waals surface area contributed by atoms with Crippen molar-refractivity contribution in [3.05, 3.63) is 138 Å². The number of benzene rings is 3. The Morgan fingerprint density at radius 3 is 2.59 bits per heavy atom. The Bertz CT molecular complexity index is 1740. The van der Waals surface area contributed by atoms with Crippen LogP contribution in [0.25, 0.3) is 21.8 Å². The second kappa shape index (κ2) is 11.6. The lowest BCUT2D eigenvalue weighted by atomic mass is 9.90. The van der Waals surface area contributed by atoms with Gasteiger partial charge in [0.2, 0.25) is 6.67 Å². The maximum Gasteiger partial charge on any atom is 0.202 e. The molecule has 204 valence electrons. The lowest BCUT2D eigenvalue weighted by Crippen LogP contribution is -2.40. The molecule has 1 aliphatic carbocycles. The average molecular weight is 540 g/mol. The van der Waals surface area contributed by atoms with Gasteiger partial charge in [0.25, 0.3) is 0 Å². The van der Waals surface area contributed by atoms with Crippen molar-refractivity contribution in [2.24, 2.45) is 0 Å². The number of aryl methyl sites for hydroxylation is 1. The van der Waals surface area contributed by atoms with Gasteiger partial charge in [-0.25, -0.2) is 4.98 Å². The van der Waals surface area contributed by atoms with E-state index in [0.717, 1.165) is 56.0 Å². The zero-order valence-corrected chi connectivity index (χ0v) is 23.2. The van der Waals surface area contributed by atoms with Crippen molar-refractivity contribution in [3.63, 3.8) is 0 Å². The molecule has 0 spiro atoms.